The summed E-state index contributed by atoms with van der Waals surface area (Å²) in [6, 6.07) is 1.76. The van der Waals surface area contributed by atoms with Crippen LogP contribution in [0.4, 0.5) is 4.39 Å². The van der Waals surface area contributed by atoms with Gasteiger partial charge in [0.2, 0.25) is 5.03 Å². The number of H-pyrrole nitrogens is 1. The van der Waals surface area contributed by atoms with Crippen molar-refractivity contribution in [3.8, 4) is 0 Å². The summed E-state index contributed by atoms with van der Waals surface area (Å²) in [5.74, 6) is -0.452. The van der Waals surface area contributed by atoms with Crippen molar-refractivity contribution < 1.29 is 12.8 Å². The van der Waals surface area contributed by atoms with Crippen LogP contribution in [0.25, 0.3) is 0 Å². The Bertz CT molecular complexity index is 627. The maximum Gasteiger partial charge on any atom is 0.261 e. The van der Waals surface area contributed by atoms with E-state index in [9.17, 15) is 12.8 Å². The Labute approximate surface area is 103 Å². The summed E-state index contributed by atoms with van der Waals surface area (Å²) in [5, 5.41) is -0.622. The Morgan fingerprint density at radius 2 is 2.17 bits per heavy atom. The van der Waals surface area contributed by atoms with Crippen molar-refractivity contribution >= 4 is 10.0 Å². The molecule has 2 heterocycles. The molecule has 1 atom stereocenters. The molecule has 1 unspecified atom stereocenters. The smallest absolute Gasteiger partial charge is 0.261 e. The van der Waals surface area contributed by atoms with Crippen LogP contribution < -0.4 is 4.72 Å². The molecule has 6 nitrogen and oxygen atoms in total. The molecule has 8 heteroatoms. The van der Waals surface area contributed by atoms with Crippen LogP contribution >= 0.6 is 0 Å². The molecular formula is C10H11FN4O2S. The second kappa shape index (κ2) is 4.83. The second-order valence-electron chi connectivity index (χ2n) is 3.61. The van der Waals surface area contributed by atoms with Crippen LogP contribution in [0.15, 0.2) is 35.7 Å². The van der Waals surface area contributed by atoms with Crippen LogP contribution in [0, 0.1) is 5.82 Å². The molecule has 0 saturated carbocycles. The van der Waals surface area contributed by atoms with E-state index in [2.05, 4.69) is 19.7 Å². The maximum atomic E-state index is 13.4. The summed E-state index contributed by atoms with van der Waals surface area (Å²) in [6.45, 7) is 1.59. The van der Waals surface area contributed by atoms with Gasteiger partial charge in [-0.15, -0.1) is 0 Å². The fourth-order valence-electron chi connectivity index (χ4n) is 1.43. The molecule has 0 aliphatic rings. The van der Waals surface area contributed by atoms with Gasteiger partial charge in [-0.25, -0.2) is 22.8 Å². The van der Waals surface area contributed by atoms with E-state index in [0.717, 1.165) is 6.07 Å². The fourth-order valence-corrected chi connectivity index (χ4v) is 2.64. The molecule has 18 heavy (non-hydrogen) atoms. The molecule has 2 aromatic heterocycles. The number of rotatable bonds is 4. The highest BCUT2D eigenvalue weighted by Gasteiger charge is 2.23. The Morgan fingerprint density at radius 1 is 1.39 bits per heavy atom. The number of sulfonamides is 1. The van der Waals surface area contributed by atoms with Gasteiger partial charge in [0.1, 0.15) is 5.82 Å². The van der Waals surface area contributed by atoms with Crippen LogP contribution in [0.2, 0.25) is 0 Å². The molecule has 0 aliphatic carbocycles. The third kappa shape index (κ3) is 2.54. The SMILES string of the molecule is CC(NS(=O)(=O)c1ncccc1F)c1ncc[nH]1. The summed E-state index contributed by atoms with van der Waals surface area (Å²) in [5.41, 5.74) is 0. The van der Waals surface area contributed by atoms with Gasteiger partial charge in [-0.3, -0.25) is 0 Å². The minimum atomic E-state index is -4.01. The van der Waals surface area contributed by atoms with E-state index in [4.69, 9.17) is 0 Å². The minimum absolute atomic E-state index is 0.440. The van der Waals surface area contributed by atoms with Crippen LogP contribution in [0.5, 0.6) is 0 Å². The molecule has 96 valence electrons. The summed E-state index contributed by atoms with van der Waals surface area (Å²) >= 11 is 0. The number of halogens is 1. The van der Waals surface area contributed by atoms with Crippen molar-refractivity contribution in [2.24, 2.45) is 0 Å². The summed E-state index contributed by atoms with van der Waals surface area (Å²) in [6.07, 6.45) is 4.29. The van der Waals surface area contributed by atoms with E-state index >= 15 is 0 Å². The number of hydrogen-bond donors (Lipinski definition) is 2. The van der Waals surface area contributed by atoms with Gasteiger partial charge in [-0.05, 0) is 19.1 Å². The molecular weight excluding hydrogens is 259 g/mol. The first-order valence-electron chi connectivity index (χ1n) is 5.13. The summed E-state index contributed by atoms with van der Waals surface area (Å²) in [4.78, 5) is 10.2. The Balaban J connectivity index is 2.26. The third-order valence-corrected chi connectivity index (χ3v) is 3.71. The monoisotopic (exact) mass is 270 g/mol. The number of nitrogens with one attached hydrogen (secondary N) is 2. The van der Waals surface area contributed by atoms with E-state index in [-0.39, 0.29) is 0 Å². The zero-order valence-electron chi connectivity index (χ0n) is 9.46. The molecule has 0 radical (unpaired) electrons. The van der Waals surface area contributed by atoms with Crippen molar-refractivity contribution in [3.63, 3.8) is 0 Å². The Morgan fingerprint density at radius 3 is 2.78 bits per heavy atom. The summed E-state index contributed by atoms with van der Waals surface area (Å²) < 4.78 is 39.5. The van der Waals surface area contributed by atoms with Crippen LogP contribution in [0.1, 0.15) is 18.8 Å². The number of aromatic amines is 1. The predicted molar refractivity (Wildman–Crippen MR) is 61.5 cm³/mol. The van der Waals surface area contributed by atoms with Gasteiger partial charge in [0, 0.05) is 18.6 Å². The van der Waals surface area contributed by atoms with Crippen LogP contribution in [0.3, 0.4) is 0 Å². The number of pyridine rings is 1. The molecule has 2 N–H and O–H groups in total. The molecule has 0 bridgehead atoms. The number of imidazole rings is 1. The lowest BCUT2D eigenvalue weighted by atomic mass is 10.3. The molecule has 0 fully saturated rings. The molecule has 0 spiro atoms. The highest BCUT2D eigenvalue weighted by Crippen LogP contribution is 2.14. The van der Waals surface area contributed by atoms with Crippen molar-refractivity contribution in [1.82, 2.24) is 19.7 Å². The first-order valence-corrected chi connectivity index (χ1v) is 6.61. The topological polar surface area (TPSA) is 87.7 Å². The molecule has 0 aromatic carbocycles. The van der Waals surface area contributed by atoms with Crippen molar-refractivity contribution in [2.45, 2.75) is 18.0 Å². The van der Waals surface area contributed by atoms with Crippen molar-refractivity contribution in [3.05, 3.63) is 42.4 Å². The quantitative estimate of drug-likeness (QED) is 0.867. The summed E-state index contributed by atoms with van der Waals surface area (Å²) in [7, 11) is -4.01. The Kier molecular flexibility index (Phi) is 3.39. The van der Waals surface area contributed by atoms with Gasteiger partial charge < -0.3 is 4.98 Å². The Hall–Kier alpha value is -1.80. The normalized spacial score (nSPS) is 13.4. The lowest BCUT2D eigenvalue weighted by molar-refractivity contribution is 0.532. The second-order valence-corrected chi connectivity index (χ2v) is 5.24. The molecule has 0 amide bonds. The van der Waals surface area contributed by atoms with E-state index in [1.807, 2.05) is 0 Å². The highest BCUT2D eigenvalue weighted by molar-refractivity contribution is 7.89. The van der Waals surface area contributed by atoms with Gasteiger partial charge in [0.05, 0.1) is 6.04 Å². The molecule has 2 rings (SSSR count). The van der Waals surface area contributed by atoms with Gasteiger partial charge >= 0.3 is 0 Å². The average Bonchev–Trinajstić information content (AvgIpc) is 2.82. The van der Waals surface area contributed by atoms with E-state index in [1.165, 1.54) is 18.5 Å². The van der Waals surface area contributed by atoms with Crippen LogP contribution in [-0.4, -0.2) is 23.4 Å². The lowest BCUT2D eigenvalue weighted by Gasteiger charge is -2.11. The molecule has 0 aliphatic heterocycles. The minimum Gasteiger partial charge on any atom is -0.347 e. The zero-order valence-corrected chi connectivity index (χ0v) is 10.3. The lowest BCUT2D eigenvalue weighted by Crippen LogP contribution is -2.29. The van der Waals surface area contributed by atoms with Crippen molar-refractivity contribution in [2.75, 3.05) is 0 Å². The third-order valence-electron chi connectivity index (χ3n) is 2.24. The first kappa shape index (κ1) is 12.7. The first-order chi connectivity index (χ1) is 8.50. The number of nitrogens with zero attached hydrogens (tertiary/aromatic N) is 2. The fraction of sp³-hybridized carbons (Fsp3) is 0.200. The van der Waals surface area contributed by atoms with Gasteiger partial charge in [-0.2, -0.15) is 4.72 Å². The van der Waals surface area contributed by atoms with Gasteiger partial charge in [0.15, 0.2) is 5.82 Å². The van der Waals surface area contributed by atoms with Crippen molar-refractivity contribution in [1.29, 1.82) is 0 Å². The standard InChI is InChI=1S/C10H11FN4O2S/c1-7(9-12-5-6-13-9)15-18(16,17)10-8(11)3-2-4-14-10/h2-7,15H,1H3,(H,12,13). The molecule has 2 aromatic rings. The predicted octanol–water partition coefficient (Wildman–Crippen LogP) is 0.983. The molecule has 0 saturated heterocycles. The zero-order chi connectivity index (χ0) is 13.2. The maximum absolute atomic E-state index is 13.4. The number of aromatic nitrogens is 3. The number of hydrogen-bond acceptors (Lipinski definition) is 4. The highest BCUT2D eigenvalue weighted by atomic mass is 32.2. The van der Waals surface area contributed by atoms with Crippen LogP contribution in [-0.2, 0) is 10.0 Å². The van der Waals surface area contributed by atoms with E-state index < -0.39 is 26.9 Å². The van der Waals surface area contributed by atoms with Gasteiger partial charge in [0.25, 0.3) is 10.0 Å². The largest absolute Gasteiger partial charge is 0.347 e. The van der Waals surface area contributed by atoms with E-state index in [1.54, 1.807) is 13.1 Å². The average molecular weight is 270 g/mol. The van der Waals surface area contributed by atoms with E-state index in [0.29, 0.717) is 5.82 Å². The van der Waals surface area contributed by atoms with Gasteiger partial charge in [-0.1, -0.05) is 0 Å².